The zero-order chi connectivity index (χ0) is 20.8. The van der Waals surface area contributed by atoms with Gasteiger partial charge in [0.25, 0.3) is 0 Å². The molecule has 7 heteroatoms. The van der Waals surface area contributed by atoms with E-state index in [1.54, 1.807) is 19.5 Å². The molecular formula is C23H28N4O2S. The Balaban J connectivity index is 1.32. The molecule has 1 fully saturated rings. The minimum atomic E-state index is 0.769. The second-order valence-corrected chi connectivity index (χ2v) is 8.48. The van der Waals surface area contributed by atoms with Crippen molar-refractivity contribution in [3.63, 3.8) is 0 Å². The Morgan fingerprint density at radius 2 is 1.90 bits per heavy atom. The molecule has 4 rings (SSSR count). The van der Waals surface area contributed by atoms with Gasteiger partial charge in [0.2, 0.25) is 0 Å². The lowest BCUT2D eigenvalue weighted by Crippen LogP contribution is -2.46. The summed E-state index contributed by atoms with van der Waals surface area (Å²) in [5, 5.41) is 0. The Hall–Kier alpha value is -2.51. The second kappa shape index (κ2) is 10.00. The molecule has 1 aromatic carbocycles. The van der Waals surface area contributed by atoms with Crippen LogP contribution in [0, 0.1) is 0 Å². The third kappa shape index (κ3) is 5.34. The molecule has 2 aromatic rings. The van der Waals surface area contributed by atoms with Crippen LogP contribution in [-0.4, -0.2) is 48.2 Å². The fraction of sp³-hybridized carbons (Fsp3) is 0.391. The summed E-state index contributed by atoms with van der Waals surface area (Å²) in [6.07, 6.45) is 11.7. The molecule has 30 heavy (non-hydrogen) atoms. The summed E-state index contributed by atoms with van der Waals surface area (Å²) in [6, 6.07) is 6.23. The van der Waals surface area contributed by atoms with Gasteiger partial charge < -0.3 is 13.8 Å². The van der Waals surface area contributed by atoms with Crippen LogP contribution in [-0.2, 0) is 6.54 Å². The lowest BCUT2D eigenvalue weighted by molar-refractivity contribution is 0.249. The lowest BCUT2D eigenvalue weighted by atomic mass is 10.1. The molecule has 1 aromatic heterocycles. The number of nitrogens with zero attached hydrogens (tertiary/aromatic N) is 4. The van der Waals surface area contributed by atoms with Crippen LogP contribution >= 0.6 is 12.0 Å². The number of ether oxygens (including phenoxy) is 1. The zero-order valence-electron chi connectivity index (χ0n) is 17.6. The Morgan fingerprint density at radius 3 is 2.60 bits per heavy atom. The normalized spacial score (nSPS) is 17.3. The van der Waals surface area contributed by atoms with Crippen molar-refractivity contribution in [3.8, 4) is 11.5 Å². The van der Waals surface area contributed by atoms with Crippen LogP contribution in [0.2, 0.25) is 0 Å². The number of piperazine rings is 1. The standard InChI is InChI=1S/C23H28N4O2S/c1-18-3-6-20(7-4-18)30-29-21-8-5-19(15-22(21)28-2)17-26-11-13-27(14-12-26)23-16-24-9-10-25-23/h3,5-6,8-10,15-16H,4,7,11-14,17H2,1-2H3. The fourth-order valence-corrected chi connectivity index (χ4v) is 4.26. The number of anilines is 1. The van der Waals surface area contributed by atoms with Crippen molar-refractivity contribution in [1.82, 2.24) is 14.9 Å². The van der Waals surface area contributed by atoms with Gasteiger partial charge in [-0.3, -0.25) is 9.88 Å². The van der Waals surface area contributed by atoms with Crippen molar-refractivity contribution < 1.29 is 8.92 Å². The quantitative estimate of drug-likeness (QED) is 0.608. The highest BCUT2D eigenvalue weighted by Crippen LogP contribution is 2.35. The van der Waals surface area contributed by atoms with Crippen molar-refractivity contribution in [3.05, 3.63) is 65.0 Å². The van der Waals surface area contributed by atoms with E-state index < -0.39 is 0 Å². The molecule has 0 radical (unpaired) electrons. The van der Waals surface area contributed by atoms with E-state index in [-0.39, 0.29) is 0 Å². The molecule has 0 amide bonds. The average Bonchev–Trinajstić information content (AvgIpc) is 2.80. The maximum absolute atomic E-state index is 5.97. The van der Waals surface area contributed by atoms with E-state index in [2.05, 4.69) is 51.0 Å². The maximum Gasteiger partial charge on any atom is 0.179 e. The topological polar surface area (TPSA) is 50.7 Å². The SMILES string of the molecule is COc1cc(CN2CCN(c3cnccn3)CC2)ccc1OSC1=CC=C(C)CC1. The molecule has 1 aliphatic heterocycles. The number of rotatable bonds is 7. The van der Waals surface area contributed by atoms with Gasteiger partial charge in [-0.2, -0.15) is 0 Å². The predicted molar refractivity (Wildman–Crippen MR) is 122 cm³/mol. The molecule has 6 nitrogen and oxygen atoms in total. The second-order valence-electron chi connectivity index (χ2n) is 7.62. The molecule has 0 bridgehead atoms. The number of hydrogen-bond acceptors (Lipinski definition) is 7. The summed E-state index contributed by atoms with van der Waals surface area (Å²) in [4.78, 5) is 14.6. The summed E-state index contributed by atoms with van der Waals surface area (Å²) in [5.41, 5.74) is 2.64. The van der Waals surface area contributed by atoms with E-state index in [9.17, 15) is 0 Å². The summed E-state index contributed by atoms with van der Waals surface area (Å²) >= 11 is 1.43. The van der Waals surface area contributed by atoms with Crippen LogP contribution in [0.15, 0.2) is 59.4 Å². The number of aromatic nitrogens is 2. The van der Waals surface area contributed by atoms with Crippen LogP contribution in [0.3, 0.4) is 0 Å². The summed E-state index contributed by atoms with van der Waals surface area (Å²) < 4.78 is 11.6. The first-order chi connectivity index (χ1) is 14.7. The molecule has 1 aliphatic carbocycles. The fourth-order valence-electron chi connectivity index (χ4n) is 3.62. The van der Waals surface area contributed by atoms with Crippen molar-refractivity contribution in [2.75, 3.05) is 38.2 Å². The van der Waals surface area contributed by atoms with E-state index in [4.69, 9.17) is 8.92 Å². The monoisotopic (exact) mass is 424 g/mol. The molecule has 158 valence electrons. The molecule has 0 atom stereocenters. The molecule has 1 saturated heterocycles. The molecule has 0 saturated carbocycles. The van der Waals surface area contributed by atoms with Gasteiger partial charge in [-0.05, 0) is 43.5 Å². The van der Waals surface area contributed by atoms with Crippen molar-refractivity contribution in [1.29, 1.82) is 0 Å². The van der Waals surface area contributed by atoms with E-state index >= 15 is 0 Å². The van der Waals surface area contributed by atoms with Crippen LogP contribution < -0.4 is 13.8 Å². The minimum Gasteiger partial charge on any atom is -0.493 e. The van der Waals surface area contributed by atoms with Crippen LogP contribution in [0.25, 0.3) is 0 Å². The maximum atomic E-state index is 5.97. The van der Waals surface area contributed by atoms with Crippen LogP contribution in [0.4, 0.5) is 5.82 Å². The van der Waals surface area contributed by atoms with Crippen LogP contribution in [0.5, 0.6) is 11.5 Å². The Kier molecular flexibility index (Phi) is 6.92. The molecule has 2 aliphatic rings. The molecule has 0 unspecified atom stereocenters. The highest BCUT2D eigenvalue weighted by atomic mass is 32.2. The molecular weight excluding hydrogens is 396 g/mol. The van der Waals surface area contributed by atoms with Crippen molar-refractivity contribution in [2.24, 2.45) is 0 Å². The lowest BCUT2D eigenvalue weighted by Gasteiger charge is -2.35. The largest absolute Gasteiger partial charge is 0.493 e. The first-order valence-electron chi connectivity index (χ1n) is 10.3. The van der Waals surface area contributed by atoms with Crippen LogP contribution in [0.1, 0.15) is 25.3 Å². The van der Waals surface area contributed by atoms with Gasteiger partial charge in [-0.25, -0.2) is 4.98 Å². The Labute approximate surface area is 182 Å². The van der Waals surface area contributed by atoms with Gasteiger partial charge in [0.15, 0.2) is 11.5 Å². The van der Waals surface area contributed by atoms with Gasteiger partial charge in [0.05, 0.1) is 25.3 Å². The van der Waals surface area contributed by atoms with E-state index in [1.807, 2.05) is 12.3 Å². The zero-order valence-corrected chi connectivity index (χ0v) is 18.4. The smallest absolute Gasteiger partial charge is 0.179 e. The van der Waals surface area contributed by atoms with Gasteiger partial charge in [0, 0.05) is 50.0 Å². The molecule has 0 spiro atoms. The first-order valence-corrected chi connectivity index (χ1v) is 11.1. The van der Waals surface area contributed by atoms with Crippen molar-refractivity contribution in [2.45, 2.75) is 26.3 Å². The summed E-state index contributed by atoms with van der Waals surface area (Å²) in [5.74, 6) is 2.50. The third-order valence-corrected chi connectivity index (χ3v) is 6.26. The Morgan fingerprint density at radius 1 is 1.03 bits per heavy atom. The predicted octanol–water partition coefficient (Wildman–Crippen LogP) is 4.46. The van der Waals surface area contributed by atoms with Gasteiger partial charge in [0.1, 0.15) is 5.82 Å². The highest BCUT2D eigenvalue weighted by Gasteiger charge is 2.19. The number of allylic oxidation sites excluding steroid dienone is 4. The summed E-state index contributed by atoms with van der Waals surface area (Å²) in [6.45, 7) is 6.96. The first kappa shape index (κ1) is 20.8. The highest BCUT2D eigenvalue weighted by molar-refractivity contribution is 7.98. The van der Waals surface area contributed by atoms with Gasteiger partial charge in [-0.15, -0.1) is 0 Å². The number of methoxy groups -OCH3 is 1. The number of benzene rings is 1. The molecule has 0 N–H and O–H groups in total. The van der Waals surface area contributed by atoms with Gasteiger partial charge in [-0.1, -0.05) is 17.7 Å². The number of hydrogen-bond donors (Lipinski definition) is 0. The van der Waals surface area contributed by atoms with Crippen molar-refractivity contribution >= 4 is 17.9 Å². The minimum absolute atomic E-state index is 0.769. The summed E-state index contributed by atoms with van der Waals surface area (Å²) in [7, 11) is 1.70. The molecule has 2 heterocycles. The van der Waals surface area contributed by atoms with E-state index in [0.29, 0.717) is 0 Å². The third-order valence-electron chi connectivity index (χ3n) is 5.44. The van der Waals surface area contributed by atoms with E-state index in [1.165, 1.54) is 28.1 Å². The Bertz CT molecular complexity index is 909. The average molecular weight is 425 g/mol. The van der Waals surface area contributed by atoms with Gasteiger partial charge >= 0.3 is 0 Å². The van der Waals surface area contributed by atoms with E-state index in [0.717, 1.165) is 62.9 Å².